The number of carbonyl (C=O) groups is 2. The molecule has 1 aliphatic heterocycles. The van der Waals surface area contributed by atoms with Crippen molar-refractivity contribution >= 4 is 11.8 Å². The van der Waals surface area contributed by atoms with Gasteiger partial charge in [0, 0.05) is 31.2 Å². The lowest BCUT2D eigenvalue weighted by Crippen LogP contribution is -2.43. The minimum atomic E-state index is -4.53. The van der Waals surface area contributed by atoms with Crippen LogP contribution in [0.2, 0.25) is 0 Å². The fraction of sp³-hybridized carbons (Fsp3) is 0.440. The number of nitrogens with one attached hydrogen (secondary N) is 2. The van der Waals surface area contributed by atoms with E-state index in [1.165, 1.54) is 36.1 Å². The Labute approximate surface area is 192 Å². The molecule has 0 radical (unpaired) electrons. The van der Waals surface area contributed by atoms with Crippen molar-refractivity contribution in [3.8, 4) is 0 Å². The van der Waals surface area contributed by atoms with Crippen LogP contribution in [0.1, 0.15) is 53.2 Å². The van der Waals surface area contributed by atoms with Crippen molar-refractivity contribution in [2.45, 2.75) is 51.4 Å². The predicted octanol–water partition coefficient (Wildman–Crippen LogP) is 4.17. The largest absolute Gasteiger partial charge is 0.416 e. The molecule has 3 rings (SSSR count). The van der Waals surface area contributed by atoms with Gasteiger partial charge in [-0.05, 0) is 48.6 Å². The van der Waals surface area contributed by atoms with Crippen LogP contribution in [-0.2, 0) is 23.9 Å². The Balaban J connectivity index is 1.41. The molecule has 5 nitrogen and oxygen atoms in total. The van der Waals surface area contributed by atoms with E-state index in [0.717, 1.165) is 38.1 Å². The summed E-state index contributed by atoms with van der Waals surface area (Å²) in [5.74, 6) is -1.07. The first-order chi connectivity index (χ1) is 15.7. The molecule has 33 heavy (non-hydrogen) atoms. The molecule has 2 N–H and O–H groups in total. The van der Waals surface area contributed by atoms with E-state index in [1.807, 2.05) is 0 Å². The van der Waals surface area contributed by atoms with Gasteiger partial charge >= 0.3 is 6.18 Å². The topological polar surface area (TPSA) is 61.4 Å². The zero-order valence-corrected chi connectivity index (χ0v) is 18.8. The number of hydrogen-bond donors (Lipinski definition) is 2. The fourth-order valence-electron chi connectivity index (χ4n) is 3.92. The van der Waals surface area contributed by atoms with E-state index >= 15 is 0 Å². The van der Waals surface area contributed by atoms with Crippen molar-refractivity contribution in [2.75, 3.05) is 19.6 Å². The van der Waals surface area contributed by atoms with Crippen molar-refractivity contribution in [2.24, 2.45) is 0 Å². The van der Waals surface area contributed by atoms with Crippen LogP contribution in [0.3, 0.4) is 0 Å². The number of benzene rings is 2. The standard InChI is InChI=1S/C25H30F3N3O2/c1-2-3-5-18-8-10-19(11-9-18)16-31-13-12-22(17-31)30-23(32)15-29-24(33)20-6-4-7-21(14-20)25(26,27)28/h4,6-11,14,22H,2-3,5,12-13,15-17H2,1H3,(H,29,33)(H,30,32)/t22-/m1/s1. The van der Waals surface area contributed by atoms with Gasteiger partial charge in [0.25, 0.3) is 5.91 Å². The molecule has 2 amide bonds. The first-order valence-electron chi connectivity index (χ1n) is 11.3. The van der Waals surface area contributed by atoms with E-state index in [0.29, 0.717) is 6.54 Å². The summed E-state index contributed by atoms with van der Waals surface area (Å²) in [5, 5.41) is 5.28. The second kappa shape index (κ2) is 11.3. The molecule has 0 saturated carbocycles. The van der Waals surface area contributed by atoms with Gasteiger partial charge in [0.2, 0.25) is 5.91 Å². The SMILES string of the molecule is CCCCc1ccc(CN2CC[C@@H](NC(=O)CNC(=O)c3cccc(C(F)(F)F)c3)C2)cc1. The third kappa shape index (κ3) is 7.60. The molecule has 0 spiro atoms. The number of alkyl halides is 3. The Hall–Kier alpha value is -2.87. The molecule has 0 unspecified atom stereocenters. The molecule has 1 saturated heterocycles. The fourth-order valence-corrected chi connectivity index (χ4v) is 3.92. The highest BCUT2D eigenvalue weighted by Crippen LogP contribution is 2.29. The number of halogens is 3. The molecular formula is C25H30F3N3O2. The highest BCUT2D eigenvalue weighted by Gasteiger charge is 2.31. The van der Waals surface area contributed by atoms with Crippen LogP contribution >= 0.6 is 0 Å². The van der Waals surface area contributed by atoms with Gasteiger partial charge in [-0.15, -0.1) is 0 Å². The van der Waals surface area contributed by atoms with Gasteiger partial charge in [-0.25, -0.2) is 0 Å². The molecule has 1 fully saturated rings. The highest BCUT2D eigenvalue weighted by atomic mass is 19.4. The zero-order valence-electron chi connectivity index (χ0n) is 18.8. The molecule has 0 aromatic heterocycles. The molecule has 2 aromatic carbocycles. The number of hydrogen-bond acceptors (Lipinski definition) is 3. The van der Waals surface area contributed by atoms with Crippen LogP contribution in [0.4, 0.5) is 13.2 Å². The molecular weight excluding hydrogens is 431 g/mol. The Bertz CT molecular complexity index is 945. The van der Waals surface area contributed by atoms with Crippen molar-refractivity contribution in [1.29, 1.82) is 0 Å². The van der Waals surface area contributed by atoms with Crippen LogP contribution < -0.4 is 10.6 Å². The lowest BCUT2D eigenvalue weighted by molar-refractivity contribution is -0.137. The van der Waals surface area contributed by atoms with E-state index in [9.17, 15) is 22.8 Å². The van der Waals surface area contributed by atoms with Gasteiger partial charge in [-0.3, -0.25) is 14.5 Å². The maximum atomic E-state index is 12.8. The number of nitrogens with zero attached hydrogens (tertiary/aromatic N) is 1. The van der Waals surface area contributed by atoms with E-state index in [2.05, 4.69) is 46.7 Å². The first-order valence-corrected chi connectivity index (χ1v) is 11.3. The lowest BCUT2D eigenvalue weighted by Gasteiger charge is -2.17. The summed E-state index contributed by atoms with van der Waals surface area (Å²) in [5.41, 5.74) is 1.54. The van der Waals surface area contributed by atoms with Gasteiger partial charge in [-0.2, -0.15) is 13.2 Å². The number of carbonyl (C=O) groups excluding carboxylic acids is 2. The summed E-state index contributed by atoms with van der Waals surface area (Å²) in [7, 11) is 0. The summed E-state index contributed by atoms with van der Waals surface area (Å²) in [6.45, 7) is 4.28. The minimum absolute atomic E-state index is 0.0215. The molecule has 8 heteroatoms. The highest BCUT2D eigenvalue weighted by molar-refractivity contribution is 5.96. The Morgan fingerprint density at radius 3 is 2.52 bits per heavy atom. The van der Waals surface area contributed by atoms with E-state index in [4.69, 9.17) is 0 Å². The minimum Gasteiger partial charge on any atom is -0.350 e. The normalized spacial score (nSPS) is 16.5. The summed E-state index contributed by atoms with van der Waals surface area (Å²) in [4.78, 5) is 26.6. The molecule has 2 aromatic rings. The maximum absolute atomic E-state index is 12.8. The van der Waals surface area contributed by atoms with Gasteiger partial charge in [0.05, 0.1) is 12.1 Å². The predicted molar refractivity (Wildman–Crippen MR) is 121 cm³/mol. The summed E-state index contributed by atoms with van der Waals surface area (Å²) < 4.78 is 38.4. The van der Waals surface area contributed by atoms with Crippen LogP contribution in [0, 0.1) is 0 Å². The monoisotopic (exact) mass is 461 g/mol. The maximum Gasteiger partial charge on any atom is 0.416 e. The summed E-state index contributed by atoms with van der Waals surface area (Å²) in [6, 6.07) is 12.8. The van der Waals surface area contributed by atoms with Crippen molar-refractivity contribution in [1.82, 2.24) is 15.5 Å². The molecule has 1 aliphatic rings. The smallest absolute Gasteiger partial charge is 0.350 e. The number of likely N-dealkylation sites (tertiary alicyclic amines) is 1. The molecule has 1 atom stereocenters. The van der Waals surface area contributed by atoms with E-state index in [-0.39, 0.29) is 24.1 Å². The number of unbranched alkanes of at least 4 members (excludes halogenated alkanes) is 1. The lowest BCUT2D eigenvalue weighted by atomic mass is 10.1. The number of amides is 2. The van der Waals surface area contributed by atoms with Crippen molar-refractivity contribution < 1.29 is 22.8 Å². The molecule has 0 bridgehead atoms. The third-order valence-electron chi connectivity index (χ3n) is 5.75. The van der Waals surface area contributed by atoms with E-state index < -0.39 is 17.6 Å². The quantitative estimate of drug-likeness (QED) is 0.589. The van der Waals surface area contributed by atoms with Crippen LogP contribution in [0.25, 0.3) is 0 Å². The summed E-state index contributed by atoms with van der Waals surface area (Å²) in [6.07, 6.45) is -0.259. The second-order valence-corrected chi connectivity index (χ2v) is 8.47. The molecule has 178 valence electrons. The van der Waals surface area contributed by atoms with Crippen LogP contribution in [0.15, 0.2) is 48.5 Å². The van der Waals surface area contributed by atoms with Crippen LogP contribution in [-0.4, -0.2) is 42.4 Å². The number of rotatable bonds is 9. The van der Waals surface area contributed by atoms with Crippen LogP contribution in [0.5, 0.6) is 0 Å². The summed E-state index contributed by atoms with van der Waals surface area (Å²) >= 11 is 0. The van der Waals surface area contributed by atoms with Gasteiger partial charge in [-0.1, -0.05) is 43.7 Å². The molecule has 1 heterocycles. The van der Waals surface area contributed by atoms with Crippen molar-refractivity contribution in [3.05, 3.63) is 70.8 Å². The Morgan fingerprint density at radius 1 is 1.09 bits per heavy atom. The molecule has 0 aliphatic carbocycles. The van der Waals surface area contributed by atoms with Gasteiger partial charge in [0.15, 0.2) is 0 Å². The average Bonchev–Trinajstić information content (AvgIpc) is 3.23. The van der Waals surface area contributed by atoms with Gasteiger partial charge in [0.1, 0.15) is 0 Å². The third-order valence-corrected chi connectivity index (χ3v) is 5.75. The zero-order chi connectivity index (χ0) is 23.8. The first kappa shape index (κ1) is 24.8. The van der Waals surface area contributed by atoms with E-state index in [1.54, 1.807) is 0 Å². The number of aryl methyl sites for hydroxylation is 1. The van der Waals surface area contributed by atoms with Gasteiger partial charge < -0.3 is 10.6 Å². The Kier molecular flexibility index (Phi) is 8.49. The second-order valence-electron chi connectivity index (χ2n) is 8.47. The average molecular weight is 462 g/mol. The Morgan fingerprint density at radius 2 is 1.82 bits per heavy atom. The van der Waals surface area contributed by atoms with Crippen molar-refractivity contribution in [3.63, 3.8) is 0 Å².